The zero-order valence-electron chi connectivity index (χ0n) is 18.0. The van der Waals surface area contributed by atoms with Crippen molar-refractivity contribution < 1.29 is 23.5 Å². The SMILES string of the molecule is Cc1ccc(NC(=O)OCc2cc3nc(C)c(C4CCC(=O)NC4=O)cc3cc2F)cc1Cl. The van der Waals surface area contributed by atoms with Crippen LogP contribution in [0.3, 0.4) is 0 Å². The fraction of sp³-hybridized carbons (Fsp3) is 0.250. The van der Waals surface area contributed by atoms with E-state index in [2.05, 4.69) is 15.6 Å². The largest absolute Gasteiger partial charge is 0.444 e. The van der Waals surface area contributed by atoms with Gasteiger partial charge >= 0.3 is 6.09 Å². The van der Waals surface area contributed by atoms with Crippen LogP contribution >= 0.6 is 11.6 Å². The van der Waals surface area contributed by atoms with Crippen LogP contribution in [0.5, 0.6) is 0 Å². The quantitative estimate of drug-likeness (QED) is 0.529. The molecule has 0 saturated carbocycles. The second-order valence-corrected chi connectivity index (χ2v) is 8.38. The molecule has 3 amide bonds. The van der Waals surface area contributed by atoms with Crippen LogP contribution in [0.15, 0.2) is 36.4 Å². The number of nitrogens with one attached hydrogen (secondary N) is 2. The van der Waals surface area contributed by atoms with Crippen LogP contribution in [0, 0.1) is 19.7 Å². The van der Waals surface area contributed by atoms with Crippen LogP contribution in [-0.4, -0.2) is 22.9 Å². The molecule has 0 spiro atoms. The number of rotatable bonds is 4. The lowest BCUT2D eigenvalue weighted by Gasteiger charge is -2.22. The van der Waals surface area contributed by atoms with E-state index in [9.17, 15) is 18.8 Å². The number of ether oxygens (including phenoxy) is 1. The third-order valence-corrected chi connectivity index (χ3v) is 6.01. The van der Waals surface area contributed by atoms with E-state index in [1.807, 2.05) is 6.92 Å². The molecule has 3 aromatic rings. The Kier molecular flexibility index (Phi) is 6.29. The lowest BCUT2D eigenvalue weighted by atomic mass is 9.88. The summed E-state index contributed by atoms with van der Waals surface area (Å²) in [4.78, 5) is 40.3. The number of amides is 3. The first-order chi connectivity index (χ1) is 15.7. The van der Waals surface area contributed by atoms with Gasteiger partial charge in [-0.2, -0.15) is 0 Å². The first-order valence-corrected chi connectivity index (χ1v) is 10.7. The monoisotopic (exact) mass is 469 g/mol. The van der Waals surface area contributed by atoms with Gasteiger partial charge < -0.3 is 4.74 Å². The molecule has 2 aromatic carbocycles. The molecule has 1 aliphatic rings. The van der Waals surface area contributed by atoms with E-state index in [1.165, 1.54) is 12.1 Å². The molecule has 1 aliphatic heterocycles. The normalized spacial score (nSPS) is 15.9. The Morgan fingerprint density at radius 1 is 1.24 bits per heavy atom. The van der Waals surface area contributed by atoms with Gasteiger partial charge in [0.05, 0.1) is 11.4 Å². The lowest BCUT2D eigenvalue weighted by Crippen LogP contribution is -2.39. The van der Waals surface area contributed by atoms with Gasteiger partial charge in [-0.05, 0) is 61.7 Å². The van der Waals surface area contributed by atoms with Gasteiger partial charge in [-0.1, -0.05) is 17.7 Å². The molecule has 7 nitrogen and oxygen atoms in total. The zero-order valence-corrected chi connectivity index (χ0v) is 18.8. The Hall–Kier alpha value is -3.52. The minimum Gasteiger partial charge on any atom is -0.444 e. The van der Waals surface area contributed by atoms with E-state index in [0.29, 0.717) is 39.3 Å². The van der Waals surface area contributed by atoms with Crippen LogP contribution in [0.2, 0.25) is 5.02 Å². The van der Waals surface area contributed by atoms with Gasteiger partial charge in [-0.25, -0.2) is 9.18 Å². The number of hydrogen-bond acceptors (Lipinski definition) is 5. The van der Waals surface area contributed by atoms with E-state index in [0.717, 1.165) is 5.56 Å². The van der Waals surface area contributed by atoms with Crippen LogP contribution < -0.4 is 10.6 Å². The Bertz CT molecular complexity index is 1290. The molecule has 33 heavy (non-hydrogen) atoms. The van der Waals surface area contributed by atoms with Crippen molar-refractivity contribution in [2.24, 2.45) is 0 Å². The first kappa shape index (κ1) is 22.7. The number of carbonyl (C=O) groups is 3. The number of aryl methyl sites for hydroxylation is 2. The molecule has 1 unspecified atom stereocenters. The van der Waals surface area contributed by atoms with E-state index in [4.69, 9.17) is 16.3 Å². The number of aromatic nitrogens is 1. The molecular formula is C24H21ClFN3O4. The molecule has 2 N–H and O–H groups in total. The summed E-state index contributed by atoms with van der Waals surface area (Å²) in [5, 5.41) is 5.90. The zero-order chi connectivity index (χ0) is 23.7. The fourth-order valence-electron chi connectivity index (χ4n) is 3.77. The van der Waals surface area contributed by atoms with Crippen LogP contribution in [0.25, 0.3) is 10.9 Å². The lowest BCUT2D eigenvalue weighted by molar-refractivity contribution is -0.134. The standard InChI is InChI=1S/C24H21ClFN3O4/c1-12-3-4-16(10-19(12)25)28-24(32)33-11-15-9-21-14(8-20(15)26)7-18(13(2)27-21)17-5-6-22(30)29-23(17)31/h3-4,7-10,17H,5-6,11H2,1-2H3,(H,28,32)(H,29,30,31). The van der Waals surface area contributed by atoms with Crippen LogP contribution in [0.1, 0.15) is 41.1 Å². The molecular weight excluding hydrogens is 449 g/mol. The Balaban J connectivity index is 1.50. The van der Waals surface area contributed by atoms with Gasteiger partial charge in [0.2, 0.25) is 11.8 Å². The summed E-state index contributed by atoms with van der Waals surface area (Å²) >= 11 is 6.05. The predicted molar refractivity (Wildman–Crippen MR) is 122 cm³/mol. The van der Waals surface area contributed by atoms with Crippen molar-refractivity contribution in [2.45, 2.75) is 39.2 Å². The second kappa shape index (κ2) is 9.15. The molecule has 9 heteroatoms. The number of piperidine rings is 1. The first-order valence-electron chi connectivity index (χ1n) is 10.3. The van der Waals surface area contributed by atoms with Gasteiger partial charge in [0.25, 0.3) is 0 Å². The third-order valence-electron chi connectivity index (χ3n) is 5.60. The van der Waals surface area contributed by atoms with Gasteiger partial charge in [-0.3, -0.25) is 25.2 Å². The minimum absolute atomic E-state index is 0.167. The van der Waals surface area contributed by atoms with Crippen molar-refractivity contribution in [1.29, 1.82) is 0 Å². The highest BCUT2D eigenvalue weighted by Crippen LogP contribution is 2.30. The molecule has 0 bridgehead atoms. The molecule has 1 atom stereocenters. The van der Waals surface area contributed by atoms with Crippen LogP contribution in [-0.2, 0) is 20.9 Å². The topological polar surface area (TPSA) is 97.4 Å². The number of halogens is 2. The van der Waals surface area contributed by atoms with E-state index >= 15 is 0 Å². The summed E-state index contributed by atoms with van der Waals surface area (Å²) in [5.41, 5.74) is 3.29. The van der Waals surface area contributed by atoms with E-state index in [1.54, 1.807) is 31.2 Å². The number of pyridine rings is 1. The average molecular weight is 470 g/mol. The average Bonchev–Trinajstić information content (AvgIpc) is 2.75. The molecule has 2 heterocycles. The van der Waals surface area contributed by atoms with Gasteiger partial charge in [0.1, 0.15) is 12.4 Å². The number of imide groups is 1. The molecule has 0 aliphatic carbocycles. The Morgan fingerprint density at radius 3 is 2.76 bits per heavy atom. The highest BCUT2D eigenvalue weighted by molar-refractivity contribution is 6.31. The number of nitrogens with zero attached hydrogens (tertiary/aromatic N) is 1. The molecule has 1 aromatic heterocycles. The fourth-order valence-corrected chi connectivity index (χ4v) is 3.95. The number of benzene rings is 2. The van der Waals surface area contributed by atoms with Crippen molar-refractivity contribution >= 4 is 46.1 Å². The van der Waals surface area contributed by atoms with Crippen molar-refractivity contribution in [1.82, 2.24) is 10.3 Å². The minimum atomic E-state index is -0.744. The number of anilines is 1. The third kappa shape index (κ3) is 4.96. The maximum atomic E-state index is 14.7. The second-order valence-electron chi connectivity index (χ2n) is 7.97. The molecule has 1 fully saturated rings. The maximum absolute atomic E-state index is 14.7. The Labute approximate surface area is 194 Å². The Morgan fingerprint density at radius 2 is 2.03 bits per heavy atom. The number of hydrogen-bond donors (Lipinski definition) is 2. The summed E-state index contributed by atoms with van der Waals surface area (Å²) in [5.74, 6) is -1.74. The number of fused-ring (bicyclic) bond motifs is 1. The molecule has 0 radical (unpaired) electrons. The molecule has 170 valence electrons. The highest BCUT2D eigenvalue weighted by Gasteiger charge is 2.29. The van der Waals surface area contributed by atoms with Gasteiger partial charge in [0, 0.05) is 33.8 Å². The summed E-state index contributed by atoms with van der Waals surface area (Å²) in [6, 6.07) is 9.58. The predicted octanol–water partition coefficient (Wildman–Crippen LogP) is 4.91. The van der Waals surface area contributed by atoms with Crippen LogP contribution in [0.4, 0.5) is 14.9 Å². The molecule has 4 rings (SSSR count). The summed E-state index contributed by atoms with van der Waals surface area (Å²) in [6.45, 7) is 3.32. The smallest absolute Gasteiger partial charge is 0.411 e. The summed E-state index contributed by atoms with van der Waals surface area (Å²) in [7, 11) is 0. The summed E-state index contributed by atoms with van der Waals surface area (Å²) in [6.07, 6.45) is -0.115. The van der Waals surface area contributed by atoms with E-state index < -0.39 is 17.8 Å². The van der Waals surface area contributed by atoms with Crippen molar-refractivity contribution in [3.63, 3.8) is 0 Å². The summed E-state index contributed by atoms with van der Waals surface area (Å²) < 4.78 is 19.9. The molecule has 1 saturated heterocycles. The highest BCUT2D eigenvalue weighted by atomic mass is 35.5. The maximum Gasteiger partial charge on any atom is 0.411 e. The number of carbonyl (C=O) groups excluding carboxylic acids is 3. The van der Waals surface area contributed by atoms with Crippen molar-refractivity contribution in [2.75, 3.05) is 5.32 Å². The van der Waals surface area contributed by atoms with Gasteiger partial charge in [-0.15, -0.1) is 0 Å². The van der Waals surface area contributed by atoms with E-state index in [-0.39, 0.29) is 30.4 Å². The van der Waals surface area contributed by atoms with Crippen molar-refractivity contribution in [3.05, 3.63) is 69.6 Å². The van der Waals surface area contributed by atoms with Crippen molar-refractivity contribution in [3.8, 4) is 0 Å². The van der Waals surface area contributed by atoms with Gasteiger partial charge in [0.15, 0.2) is 0 Å².